The number of benzene rings is 1. The Bertz CT molecular complexity index is 1160. The number of alkyl halides is 3. The van der Waals surface area contributed by atoms with Crippen LogP contribution in [0.5, 0.6) is 5.88 Å². The molecule has 3 aromatic rings. The van der Waals surface area contributed by atoms with Gasteiger partial charge >= 0.3 is 6.18 Å². The standard InChI is InChI=1S/C24H22ClF3N4O2/c1-2-21(33)32-11-8-17(9-12-32)34-20-14-30-22(15-3-5-16(6-4-15)24(26,27)28)23(31-20)18-7-10-29-13-19(18)25/h3-7,10,13-14,17H,2,8-9,11-12H2,1H3. The van der Waals surface area contributed by atoms with Gasteiger partial charge in [-0.05, 0) is 18.2 Å². The van der Waals surface area contributed by atoms with Crippen LogP contribution in [0.15, 0.2) is 48.9 Å². The van der Waals surface area contributed by atoms with E-state index in [0.717, 1.165) is 12.1 Å². The van der Waals surface area contributed by atoms with Crippen LogP contribution in [0.4, 0.5) is 13.2 Å². The molecule has 0 N–H and O–H groups in total. The number of nitrogens with zero attached hydrogens (tertiary/aromatic N) is 4. The van der Waals surface area contributed by atoms with Crippen LogP contribution in [0, 0.1) is 0 Å². The lowest BCUT2D eigenvalue weighted by Crippen LogP contribution is -2.41. The molecule has 2 aromatic heterocycles. The van der Waals surface area contributed by atoms with Crippen molar-refractivity contribution in [2.45, 2.75) is 38.5 Å². The zero-order valence-electron chi connectivity index (χ0n) is 18.3. The number of likely N-dealkylation sites (tertiary alicyclic amines) is 1. The lowest BCUT2D eigenvalue weighted by Gasteiger charge is -2.31. The summed E-state index contributed by atoms with van der Waals surface area (Å²) in [6, 6.07) is 6.38. The van der Waals surface area contributed by atoms with Crippen LogP contribution in [-0.2, 0) is 11.0 Å². The highest BCUT2D eigenvalue weighted by atomic mass is 35.5. The van der Waals surface area contributed by atoms with Gasteiger partial charge in [0.1, 0.15) is 11.8 Å². The summed E-state index contributed by atoms with van der Waals surface area (Å²) in [5.41, 5.74) is 0.996. The molecule has 34 heavy (non-hydrogen) atoms. The Balaban J connectivity index is 1.63. The van der Waals surface area contributed by atoms with Gasteiger partial charge in [-0.2, -0.15) is 13.2 Å². The van der Waals surface area contributed by atoms with Gasteiger partial charge in [0.25, 0.3) is 0 Å². The van der Waals surface area contributed by atoms with Crippen LogP contribution in [0.1, 0.15) is 31.7 Å². The molecule has 6 nitrogen and oxygen atoms in total. The minimum absolute atomic E-state index is 0.119. The number of amides is 1. The summed E-state index contributed by atoms with van der Waals surface area (Å²) in [6.07, 6.45) is 1.70. The molecule has 0 bridgehead atoms. The number of aromatic nitrogens is 3. The van der Waals surface area contributed by atoms with Crippen molar-refractivity contribution in [3.63, 3.8) is 0 Å². The molecule has 0 radical (unpaired) electrons. The Morgan fingerprint density at radius 2 is 1.82 bits per heavy atom. The first-order valence-corrected chi connectivity index (χ1v) is 11.2. The largest absolute Gasteiger partial charge is 0.473 e. The number of hydrogen-bond donors (Lipinski definition) is 0. The molecule has 178 valence electrons. The molecule has 1 saturated heterocycles. The second-order valence-corrected chi connectivity index (χ2v) is 8.29. The van der Waals surface area contributed by atoms with Gasteiger partial charge in [0.2, 0.25) is 11.8 Å². The van der Waals surface area contributed by atoms with Crippen molar-refractivity contribution in [2.24, 2.45) is 0 Å². The van der Waals surface area contributed by atoms with Crippen molar-refractivity contribution in [3.05, 3.63) is 59.5 Å². The number of ether oxygens (including phenoxy) is 1. The van der Waals surface area contributed by atoms with Crippen LogP contribution < -0.4 is 4.74 Å². The number of pyridine rings is 1. The zero-order chi connectivity index (χ0) is 24.3. The third-order valence-corrected chi connectivity index (χ3v) is 5.95. The van der Waals surface area contributed by atoms with Crippen LogP contribution in [0.2, 0.25) is 5.02 Å². The van der Waals surface area contributed by atoms with Gasteiger partial charge in [0, 0.05) is 55.9 Å². The SMILES string of the molecule is CCC(=O)N1CCC(Oc2cnc(-c3ccc(C(F)(F)F)cc3)c(-c3ccncc3Cl)n2)CC1. The molecular weight excluding hydrogens is 469 g/mol. The second-order valence-electron chi connectivity index (χ2n) is 7.89. The molecule has 0 atom stereocenters. The van der Waals surface area contributed by atoms with Crippen molar-refractivity contribution in [2.75, 3.05) is 13.1 Å². The Morgan fingerprint density at radius 1 is 1.12 bits per heavy atom. The first-order valence-electron chi connectivity index (χ1n) is 10.8. The minimum atomic E-state index is -4.43. The molecule has 0 saturated carbocycles. The number of piperidine rings is 1. The van der Waals surface area contributed by atoms with E-state index < -0.39 is 11.7 Å². The van der Waals surface area contributed by atoms with Gasteiger partial charge < -0.3 is 9.64 Å². The fourth-order valence-corrected chi connectivity index (χ4v) is 4.04. The van der Waals surface area contributed by atoms with Crippen molar-refractivity contribution in [1.29, 1.82) is 0 Å². The third kappa shape index (κ3) is 5.30. The van der Waals surface area contributed by atoms with Gasteiger partial charge in [-0.25, -0.2) is 9.97 Å². The maximum atomic E-state index is 13.0. The highest BCUT2D eigenvalue weighted by molar-refractivity contribution is 6.33. The van der Waals surface area contributed by atoms with E-state index in [2.05, 4.69) is 15.0 Å². The number of carbonyl (C=O) groups is 1. The van der Waals surface area contributed by atoms with E-state index in [1.807, 2.05) is 11.8 Å². The lowest BCUT2D eigenvalue weighted by atomic mass is 10.0. The molecule has 10 heteroatoms. The van der Waals surface area contributed by atoms with Gasteiger partial charge in [0.05, 0.1) is 22.5 Å². The normalized spacial score (nSPS) is 14.8. The fourth-order valence-electron chi connectivity index (χ4n) is 3.83. The average molecular weight is 491 g/mol. The van der Waals surface area contributed by atoms with Crippen LogP contribution >= 0.6 is 11.6 Å². The molecule has 1 aliphatic heterocycles. The Labute approximate surface area is 199 Å². The number of hydrogen-bond acceptors (Lipinski definition) is 5. The van der Waals surface area contributed by atoms with E-state index in [4.69, 9.17) is 16.3 Å². The molecule has 1 aliphatic rings. The zero-order valence-corrected chi connectivity index (χ0v) is 19.1. The molecule has 1 fully saturated rings. The minimum Gasteiger partial charge on any atom is -0.473 e. The van der Waals surface area contributed by atoms with E-state index in [-0.39, 0.29) is 17.9 Å². The van der Waals surface area contributed by atoms with Gasteiger partial charge in [-0.15, -0.1) is 0 Å². The Morgan fingerprint density at radius 3 is 2.44 bits per heavy atom. The average Bonchev–Trinajstić information content (AvgIpc) is 2.84. The summed E-state index contributed by atoms with van der Waals surface area (Å²) < 4.78 is 45.0. The second kappa shape index (κ2) is 9.97. The quantitative estimate of drug-likeness (QED) is 0.462. The van der Waals surface area contributed by atoms with Crippen LogP contribution in [-0.4, -0.2) is 45.0 Å². The number of rotatable bonds is 5. The Hall–Kier alpha value is -3.20. The summed E-state index contributed by atoms with van der Waals surface area (Å²) in [6.45, 7) is 3.05. The molecule has 3 heterocycles. The van der Waals surface area contributed by atoms with Gasteiger partial charge in [-0.1, -0.05) is 30.7 Å². The van der Waals surface area contributed by atoms with E-state index in [1.54, 1.807) is 12.3 Å². The predicted molar refractivity (Wildman–Crippen MR) is 121 cm³/mol. The van der Waals surface area contributed by atoms with E-state index in [1.165, 1.54) is 24.5 Å². The molecule has 0 unspecified atom stereocenters. The van der Waals surface area contributed by atoms with Crippen molar-refractivity contribution < 1.29 is 22.7 Å². The monoisotopic (exact) mass is 490 g/mol. The highest BCUT2D eigenvalue weighted by Gasteiger charge is 2.30. The lowest BCUT2D eigenvalue weighted by molar-refractivity contribution is -0.137. The van der Waals surface area contributed by atoms with Crippen molar-refractivity contribution in [3.8, 4) is 28.4 Å². The maximum absolute atomic E-state index is 13.0. The van der Waals surface area contributed by atoms with Crippen molar-refractivity contribution in [1.82, 2.24) is 19.9 Å². The summed E-state index contributed by atoms with van der Waals surface area (Å²) >= 11 is 6.35. The smallest absolute Gasteiger partial charge is 0.416 e. The first-order chi connectivity index (χ1) is 16.3. The summed E-state index contributed by atoms with van der Waals surface area (Å²) in [5, 5.41) is 0.327. The molecule has 1 amide bonds. The topological polar surface area (TPSA) is 68.2 Å². The van der Waals surface area contributed by atoms with Gasteiger partial charge in [-0.3, -0.25) is 9.78 Å². The van der Waals surface area contributed by atoms with Crippen LogP contribution in [0.25, 0.3) is 22.5 Å². The van der Waals surface area contributed by atoms with E-state index >= 15 is 0 Å². The fraction of sp³-hybridized carbons (Fsp3) is 0.333. The third-order valence-electron chi connectivity index (χ3n) is 5.65. The summed E-state index contributed by atoms with van der Waals surface area (Å²) in [4.78, 5) is 26.8. The number of halogens is 4. The first kappa shape index (κ1) is 23.9. The van der Waals surface area contributed by atoms with E-state index in [0.29, 0.717) is 59.9 Å². The Kier molecular flexibility index (Phi) is 7.02. The maximum Gasteiger partial charge on any atom is 0.416 e. The van der Waals surface area contributed by atoms with Crippen molar-refractivity contribution >= 4 is 17.5 Å². The summed E-state index contributed by atoms with van der Waals surface area (Å²) in [7, 11) is 0. The molecule has 1 aromatic carbocycles. The molecule has 0 aliphatic carbocycles. The van der Waals surface area contributed by atoms with Gasteiger partial charge in [0.15, 0.2) is 0 Å². The highest BCUT2D eigenvalue weighted by Crippen LogP contribution is 2.36. The molecule has 4 rings (SSSR count). The van der Waals surface area contributed by atoms with Crippen LogP contribution in [0.3, 0.4) is 0 Å². The van der Waals surface area contributed by atoms with E-state index in [9.17, 15) is 18.0 Å². The molecule has 0 spiro atoms. The summed E-state index contributed by atoms with van der Waals surface area (Å²) in [5.74, 6) is 0.396. The number of carbonyl (C=O) groups excluding carboxylic acids is 1. The predicted octanol–water partition coefficient (Wildman–Crippen LogP) is 5.66. The molecular formula is C24H22ClF3N4O2.